The summed E-state index contributed by atoms with van der Waals surface area (Å²) in [6.45, 7) is 3.01. The van der Waals surface area contributed by atoms with Gasteiger partial charge in [-0.25, -0.2) is 0 Å². The van der Waals surface area contributed by atoms with Gasteiger partial charge in [-0.2, -0.15) is 5.26 Å². The molecule has 0 aromatic carbocycles. The van der Waals surface area contributed by atoms with Gasteiger partial charge in [-0.15, -0.1) is 0 Å². The third-order valence-electron chi connectivity index (χ3n) is 1.84. The first kappa shape index (κ1) is 11.9. The second-order valence-corrected chi connectivity index (χ2v) is 3.26. The zero-order valence-electron chi connectivity index (χ0n) is 8.16. The van der Waals surface area contributed by atoms with Crippen molar-refractivity contribution in [2.75, 3.05) is 20.1 Å². The molecule has 4 nitrogen and oxygen atoms in total. The van der Waals surface area contributed by atoms with Gasteiger partial charge in [0, 0.05) is 13.0 Å². The van der Waals surface area contributed by atoms with Crippen molar-refractivity contribution in [1.29, 1.82) is 5.26 Å². The van der Waals surface area contributed by atoms with Crippen molar-refractivity contribution in [3.63, 3.8) is 0 Å². The predicted octanol–water partition coefficient (Wildman–Crippen LogP) is 0.943. The Bertz CT molecular complexity index is 198. The first-order valence-electron chi connectivity index (χ1n) is 4.36. The third-order valence-corrected chi connectivity index (χ3v) is 1.84. The van der Waals surface area contributed by atoms with Crippen molar-refractivity contribution in [3.8, 4) is 6.07 Å². The van der Waals surface area contributed by atoms with Crippen molar-refractivity contribution < 1.29 is 9.90 Å². The summed E-state index contributed by atoms with van der Waals surface area (Å²) in [5.74, 6) is -1.11. The van der Waals surface area contributed by atoms with E-state index in [1.54, 1.807) is 6.92 Å². The number of carboxylic acid groups (broad SMARTS) is 1. The van der Waals surface area contributed by atoms with Gasteiger partial charge >= 0.3 is 5.97 Å². The minimum Gasteiger partial charge on any atom is -0.481 e. The molecule has 1 atom stereocenters. The van der Waals surface area contributed by atoms with Crippen LogP contribution in [0.4, 0.5) is 0 Å². The molecule has 0 spiro atoms. The number of carboxylic acids is 1. The van der Waals surface area contributed by atoms with Gasteiger partial charge in [-0.05, 0) is 20.0 Å². The molecule has 0 rings (SSSR count). The van der Waals surface area contributed by atoms with E-state index in [1.165, 1.54) is 0 Å². The minimum absolute atomic E-state index is 0.341. The molecule has 0 aliphatic carbocycles. The summed E-state index contributed by atoms with van der Waals surface area (Å²) in [5, 5.41) is 16.9. The third kappa shape index (κ3) is 6.12. The maximum absolute atomic E-state index is 10.5. The van der Waals surface area contributed by atoms with Crippen LogP contribution in [0.3, 0.4) is 0 Å². The number of nitriles is 1. The van der Waals surface area contributed by atoms with Gasteiger partial charge in [-0.1, -0.05) is 6.92 Å². The van der Waals surface area contributed by atoms with Crippen LogP contribution in [-0.2, 0) is 4.79 Å². The molecule has 0 saturated carbocycles. The van der Waals surface area contributed by atoms with Crippen molar-refractivity contribution in [1.82, 2.24) is 4.90 Å². The van der Waals surface area contributed by atoms with E-state index in [-0.39, 0.29) is 5.92 Å². The van der Waals surface area contributed by atoms with Gasteiger partial charge in [0.1, 0.15) is 0 Å². The molecule has 0 aliphatic heterocycles. The van der Waals surface area contributed by atoms with Crippen LogP contribution in [0.2, 0.25) is 0 Å². The van der Waals surface area contributed by atoms with Gasteiger partial charge in [0.05, 0.1) is 12.0 Å². The summed E-state index contributed by atoms with van der Waals surface area (Å²) < 4.78 is 0. The fourth-order valence-corrected chi connectivity index (χ4v) is 1.06. The zero-order chi connectivity index (χ0) is 10.3. The highest BCUT2D eigenvalue weighted by Gasteiger charge is 2.12. The molecule has 0 heterocycles. The normalized spacial score (nSPS) is 12.5. The van der Waals surface area contributed by atoms with E-state index in [9.17, 15) is 4.79 Å². The second-order valence-electron chi connectivity index (χ2n) is 3.26. The average molecular weight is 184 g/mol. The summed E-state index contributed by atoms with van der Waals surface area (Å²) in [5.41, 5.74) is 0. The molecule has 0 amide bonds. The van der Waals surface area contributed by atoms with Crippen LogP contribution >= 0.6 is 0 Å². The lowest BCUT2D eigenvalue weighted by Gasteiger charge is -2.17. The molecule has 1 N–H and O–H groups in total. The van der Waals surface area contributed by atoms with E-state index >= 15 is 0 Å². The van der Waals surface area contributed by atoms with Gasteiger partial charge in [0.15, 0.2) is 0 Å². The van der Waals surface area contributed by atoms with Crippen LogP contribution in [0.15, 0.2) is 0 Å². The monoisotopic (exact) mass is 184 g/mol. The standard InChI is InChI=1S/C9H16N2O2/c1-8(9(12)13)7-11(2)6-4-3-5-10/h8H,3-4,6-7H2,1-2H3,(H,12,13). The molecule has 0 saturated heterocycles. The number of rotatable bonds is 6. The number of hydrogen-bond acceptors (Lipinski definition) is 3. The molecule has 13 heavy (non-hydrogen) atoms. The molecule has 0 fully saturated rings. The molecule has 4 heteroatoms. The first-order valence-corrected chi connectivity index (χ1v) is 4.36. The summed E-state index contributed by atoms with van der Waals surface area (Å²) >= 11 is 0. The predicted molar refractivity (Wildman–Crippen MR) is 49.1 cm³/mol. The van der Waals surface area contributed by atoms with Crippen LogP contribution in [0.1, 0.15) is 19.8 Å². The van der Waals surface area contributed by atoms with Crippen molar-refractivity contribution in [2.24, 2.45) is 5.92 Å². The lowest BCUT2D eigenvalue weighted by atomic mass is 10.1. The highest BCUT2D eigenvalue weighted by Crippen LogP contribution is 1.99. The average Bonchev–Trinajstić information content (AvgIpc) is 2.04. The molecular weight excluding hydrogens is 168 g/mol. The van der Waals surface area contributed by atoms with Gasteiger partial charge in [-0.3, -0.25) is 4.79 Å². The highest BCUT2D eigenvalue weighted by atomic mass is 16.4. The Hall–Kier alpha value is -1.08. The maximum atomic E-state index is 10.5. The number of aliphatic carboxylic acids is 1. The Balaban J connectivity index is 3.56. The molecule has 74 valence electrons. The summed E-state index contributed by atoms with van der Waals surface area (Å²) in [6.07, 6.45) is 1.34. The van der Waals surface area contributed by atoms with Gasteiger partial charge in [0.2, 0.25) is 0 Å². The Morgan fingerprint density at radius 1 is 1.69 bits per heavy atom. The first-order chi connectivity index (χ1) is 6.07. The molecule has 0 aromatic heterocycles. The molecule has 0 radical (unpaired) electrons. The molecule has 1 unspecified atom stereocenters. The van der Waals surface area contributed by atoms with E-state index in [0.29, 0.717) is 13.0 Å². The second kappa shape index (κ2) is 6.44. The summed E-state index contributed by atoms with van der Waals surface area (Å²) in [6, 6.07) is 2.06. The SMILES string of the molecule is CC(CN(C)CCCC#N)C(=O)O. The molecular formula is C9H16N2O2. The maximum Gasteiger partial charge on any atom is 0.307 e. The van der Waals surface area contributed by atoms with Gasteiger partial charge in [0.25, 0.3) is 0 Å². The molecule has 0 bridgehead atoms. The number of unbranched alkanes of at least 4 members (excludes halogenated alkanes) is 1. The highest BCUT2D eigenvalue weighted by molar-refractivity contribution is 5.69. The van der Waals surface area contributed by atoms with Crippen molar-refractivity contribution in [3.05, 3.63) is 0 Å². The van der Waals surface area contributed by atoms with E-state index in [0.717, 1.165) is 13.0 Å². The fourth-order valence-electron chi connectivity index (χ4n) is 1.06. The lowest BCUT2D eigenvalue weighted by Crippen LogP contribution is -2.29. The van der Waals surface area contributed by atoms with Crippen molar-refractivity contribution >= 4 is 5.97 Å². The summed E-state index contributed by atoms with van der Waals surface area (Å²) in [7, 11) is 1.87. The number of nitrogens with zero attached hydrogens (tertiary/aromatic N) is 2. The fraction of sp³-hybridized carbons (Fsp3) is 0.778. The largest absolute Gasteiger partial charge is 0.481 e. The van der Waals surface area contributed by atoms with Crippen LogP contribution in [-0.4, -0.2) is 36.1 Å². The van der Waals surface area contributed by atoms with Crippen LogP contribution in [0, 0.1) is 17.2 Å². The van der Waals surface area contributed by atoms with Crippen LogP contribution in [0.5, 0.6) is 0 Å². The van der Waals surface area contributed by atoms with E-state index < -0.39 is 5.97 Å². The zero-order valence-corrected chi connectivity index (χ0v) is 8.16. The Morgan fingerprint density at radius 3 is 2.77 bits per heavy atom. The minimum atomic E-state index is -0.771. The van der Waals surface area contributed by atoms with E-state index in [1.807, 2.05) is 11.9 Å². The number of hydrogen-bond donors (Lipinski definition) is 1. The van der Waals surface area contributed by atoms with Crippen LogP contribution in [0.25, 0.3) is 0 Å². The van der Waals surface area contributed by atoms with E-state index in [2.05, 4.69) is 6.07 Å². The van der Waals surface area contributed by atoms with Gasteiger partial charge < -0.3 is 10.0 Å². The smallest absolute Gasteiger partial charge is 0.307 e. The Morgan fingerprint density at radius 2 is 2.31 bits per heavy atom. The topological polar surface area (TPSA) is 64.3 Å². The molecule has 0 aliphatic rings. The van der Waals surface area contributed by atoms with Crippen molar-refractivity contribution in [2.45, 2.75) is 19.8 Å². The number of carbonyl (C=O) groups is 1. The Kier molecular flexibility index (Phi) is 5.90. The van der Waals surface area contributed by atoms with E-state index in [4.69, 9.17) is 10.4 Å². The molecule has 0 aromatic rings. The lowest BCUT2D eigenvalue weighted by molar-refractivity contribution is -0.141. The quantitative estimate of drug-likeness (QED) is 0.624. The Labute approximate surface area is 78.8 Å². The summed E-state index contributed by atoms with van der Waals surface area (Å²) in [4.78, 5) is 12.4. The van der Waals surface area contributed by atoms with Crippen LogP contribution < -0.4 is 0 Å².